The summed E-state index contributed by atoms with van der Waals surface area (Å²) in [5.41, 5.74) is 2.59. The zero-order chi connectivity index (χ0) is 13.6. The second-order valence-corrected chi connectivity index (χ2v) is 5.44. The molecular weight excluding hydrogens is 222 g/mol. The molecule has 0 aliphatic heterocycles. The number of nitrogens with one attached hydrogen (secondary N) is 1. The van der Waals surface area contributed by atoms with E-state index in [1.165, 1.54) is 11.3 Å². The fourth-order valence-corrected chi connectivity index (χ4v) is 1.76. The molecule has 3 nitrogen and oxygen atoms in total. The van der Waals surface area contributed by atoms with Crippen LogP contribution in [-0.4, -0.2) is 23.6 Å². The molecule has 1 N–H and O–H groups in total. The molecule has 0 bridgehead atoms. The average Bonchev–Trinajstić information content (AvgIpc) is 2.33. The lowest BCUT2D eigenvalue weighted by Crippen LogP contribution is -2.35. The molecule has 0 spiro atoms. The van der Waals surface area contributed by atoms with Crippen molar-refractivity contribution in [3.63, 3.8) is 0 Å². The minimum Gasteiger partial charge on any atom is -0.367 e. The molecule has 100 valence electrons. The van der Waals surface area contributed by atoms with Gasteiger partial charge < -0.3 is 10.2 Å². The maximum absolute atomic E-state index is 4.24. The van der Waals surface area contributed by atoms with E-state index in [9.17, 15) is 0 Å². The Kier molecular flexibility index (Phi) is 5.35. The van der Waals surface area contributed by atoms with E-state index in [4.69, 9.17) is 0 Å². The molecule has 0 amide bonds. The van der Waals surface area contributed by atoms with Crippen LogP contribution in [0.5, 0.6) is 0 Å². The van der Waals surface area contributed by atoms with Crippen molar-refractivity contribution >= 4 is 5.69 Å². The predicted molar refractivity (Wildman–Crippen MR) is 78.9 cm³/mol. The molecule has 3 heteroatoms. The highest BCUT2D eigenvalue weighted by atomic mass is 15.1. The molecule has 1 rings (SSSR count). The summed E-state index contributed by atoms with van der Waals surface area (Å²) >= 11 is 0. The zero-order valence-corrected chi connectivity index (χ0v) is 12.0. The molecular formula is C15H25N3. The minimum absolute atomic E-state index is 0.121. The summed E-state index contributed by atoms with van der Waals surface area (Å²) in [6, 6.07) is 2.08. The highest BCUT2D eigenvalue weighted by molar-refractivity contribution is 5.52. The normalized spacial score (nSPS) is 11.3. The largest absolute Gasteiger partial charge is 0.367 e. The van der Waals surface area contributed by atoms with Crippen molar-refractivity contribution < 1.29 is 0 Å². The van der Waals surface area contributed by atoms with Gasteiger partial charge in [-0.3, -0.25) is 4.98 Å². The van der Waals surface area contributed by atoms with Gasteiger partial charge in [-0.1, -0.05) is 6.08 Å². The number of likely N-dealkylation sites (N-methyl/N-ethyl adjacent to an activating group) is 1. The van der Waals surface area contributed by atoms with Crippen LogP contribution < -0.4 is 10.2 Å². The van der Waals surface area contributed by atoms with Gasteiger partial charge in [0.15, 0.2) is 0 Å². The van der Waals surface area contributed by atoms with Crippen LogP contribution >= 0.6 is 0 Å². The monoisotopic (exact) mass is 247 g/mol. The van der Waals surface area contributed by atoms with Crippen molar-refractivity contribution in [2.75, 3.05) is 18.0 Å². The predicted octanol–water partition coefficient (Wildman–Crippen LogP) is 2.98. The van der Waals surface area contributed by atoms with Gasteiger partial charge in [-0.05, 0) is 39.3 Å². The van der Waals surface area contributed by atoms with E-state index in [-0.39, 0.29) is 5.54 Å². The molecule has 1 aromatic rings. The first-order valence-electron chi connectivity index (χ1n) is 6.51. The van der Waals surface area contributed by atoms with Crippen molar-refractivity contribution in [2.24, 2.45) is 0 Å². The Hall–Kier alpha value is -1.35. The van der Waals surface area contributed by atoms with Crippen molar-refractivity contribution in [3.8, 4) is 0 Å². The third-order valence-corrected chi connectivity index (χ3v) is 2.77. The van der Waals surface area contributed by atoms with E-state index in [1.54, 1.807) is 0 Å². The Morgan fingerprint density at radius 1 is 1.44 bits per heavy atom. The van der Waals surface area contributed by atoms with Crippen LogP contribution in [0.15, 0.2) is 31.1 Å². The van der Waals surface area contributed by atoms with E-state index in [0.717, 1.165) is 19.6 Å². The topological polar surface area (TPSA) is 28.2 Å². The lowest BCUT2D eigenvalue weighted by molar-refractivity contribution is 0.424. The van der Waals surface area contributed by atoms with Crippen LogP contribution in [0.3, 0.4) is 0 Å². The first kappa shape index (κ1) is 14.7. The standard InChI is InChI=1S/C15H25N3/c1-6-10-18(7-2)14-12-16-9-8-13(14)11-17-15(3,4)5/h6,8-9,12,17H,1,7,10-11H2,2-5H3. The Morgan fingerprint density at radius 3 is 2.72 bits per heavy atom. The lowest BCUT2D eigenvalue weighted by atomic mass is 10.1. The number of hydrogen-bond donors (Lipinski definition) is 1. The summed E-state index contributed by atoms with van der Waals surface area (Å²) in [6.07, 6.45) is 5.72. The van der Waals surface area contributed by atoms with E-state index >= 15 is 0 Å². The molecule has 18 heavy (non-hydrogen) atoms. The van der Waals surface area contributed by atoms with Crippen LogP contribution in [0.25, 0.3) is 0 Å². The Morgan fingerprint density at radius 2 is 2.17 bits per heavy atom. The molecule has 1 heterocycles. The second-order valence-electron chi connectivity index (χ2n) is 5.44. The molecule has 0 fully saturated rings. The van der Waals surface area contributed by atoms with E-state index in [2.05, 4.69) is 55.5 Å². The van der Waals surface area contributed by atoms with Crippen molar-refractivity contribution in [2.45, 2.75) is 39.8 Å². The lowest BCUT2D eigenvalue weighted by Gasteiger charge is -2.26. The summed E-state index contributed by atoms with van der Waals surface area (Å²) < 4.78 is 0. The molecule has 0 aliphatic carbocycles. The maximum atomic E-state index is 4.24. The SMILES string of the molecule is C=CCN(CC)c1cnccc1CNC(C)(C)C. The zero-order valence-electron chi connectivity index (χ0n) is 12.0. The van der Waals surface area contributed by atoms with Gasteiger partial charge >= 0.3 is 0 Å². The number of pyridine rings is 1. The molecule has 1 aromatic heterocycles. The number of aromatic nitrogens is 1. The highest BCUT2D eigenvalue weighted by Gasteiger charge is 2.12. The van der Waals surface area contributed by atoms with Gasteiger partial charge in [0.2, 0.25) is 0 Å². The Bertz CT molecular complexity index is 380. The van der Waals surface area contributed by atoms with Crippen molar-refractivity contribution in [1.29, 1.82) is 0 Å². The van der Waals surface area contributed by atoms with Gasteiger partial charge in [0, 0.05) is 31.4 Å². The van der Waals surface area contributed by atoms with Crippen molar-refractivity contribution in [1.82, 2.24) is 10.3 Å². The number of hydrogen-bond acceptors (Lipinski definition) is 3. The molecule has 0 radical (unpaired) electrons. The van der Waals surface area contributed by atoms with Gasteiger partial charge in [-0.2, -0.15) is 0 Å². The van der Waals surface area contributed by atoms with Gasteiger partial charge in [-0.25, -0.2) is 0 Å². The first-order valence-corrected chi connectivity index (χ1v) is 6.51. The molecule has 0 atom stereocenters. The second kappa shape index (κ2) is 6.55. The summed E-state index contributed by atoms with van der Waals surface area (Å²) in [6.45, 7) is 15.2. The van der Waals surface area contributed by atoms with Crippen LogP contribution in [0.2, 0.25) is 0 Å². The summed E-state index contributed by atoms with van der Waals surface area (Å²) in [7, 11) is 0. The van der Waals surface area contributed by atoms with Gasteiger partial charge in [0.25, 0.3) is 0 Å². The van der Waals surface area contributed by atoms with Gasteiger partial charge in [0.05, 0.1) is 11.9 Å². The molecule has 0 aromatic carbocycles. The quantitative estimate of drug-likeness (QED) is 0.783. The third kappa shape index (κ3) is 4.49. The van der Waals surface area contributed by atoms with E-state index in [0.29, 0.717) is 0 Å². The third-order valence-electron chi connectivity index (χ3n) is 2.77. The number of nitrogens with zero attached hydrogens (tertiary/aromatic N) is 2. The molecule has 0 saturated heterocycles. The number of anilines is 1. The minimum atomic E-state index is 0.121. The fraction of sp³-hybridized carbons (Fsp3) is 0.533. The molecule has 0 aliphatic rings. The summed E-state index contributed by atoms with van der Waals surface area (Å²) in [5.74, 6) is 0. The van der Waals surface area contributed by atoms with E-state index in [1.807, 2.05) is 18.5 Å². The van der Waals surface area contributed by atoms with Gasteiger partial charge in [-0.15, -0.1) is 6.58 Å². The molecule has 0 saturated carbocycles. The van der Waals surface area contributed by atoms with Crippen LogP contribution in [-0.2, 0) is 6.54 Å². The molecule has 0 unspecified atom stereocenters. The van der Waals surface area contributed by atoms with Crippen LogP contribution in [0.4, 0.5) is 5.69 Å². The Labute approximate surface area is 111 Å². The number of rotatable bonds is 6. The average molecular weight is 247 g/mol. The van der Waals surface area contributed by atoms with E-state index < -0.39 is 0 Å². The fourth-order valence-electron chi connectivity index (χ4n) is 1.76. The van der Waals surface area contributed by atoms with Crippen molar-refractivity contribution in [3.05, 3.63) is 36.7 Å². The van der Waals surface area contributed by atoms with Gasteiger partial charge in [0.1, 0.15) is 0 Å². The highest BCUT2D eigenvalue weighted by Crippen LogP contribution is 2.19. The maximum Gasteiger partial charge on any atom is 0.0601 e. The first-order chi connectivity index (χ1) is 8.48. The van der Waals surface area contributed by atoms with Crippen LogP contribution in [0, 0.1) is 0 Å². The Balaban J connectivity index is 2.87. The summed E-state index contributed by atoms with van der Waals surface area (Å²) in [5, 5.41) is 3.52. The smallest absolute Gasteiger partial charge is 0.0601 e. The summed E-state index contributed by atoms with van der Waals surface area (Å²) in [4.78, 5) is 6.51. The van der Waals surface area contributed by atoms with Crippen LogP contribution in [0.1, 0.15) is 33.3 Å².